The molecule has 5 heteroatoms. The lowest BCUT2D eigenvalue weighted by molar-refractivity contribution is -0.164. The van der Waals surface area contributed by atoms with Crippen molar-refractivity contribution in [2.45, 2.75) is 58.6 Å². The number of ether oxygens (including phenoxy) is 2. The van der Waals surface area contributed by atoms with Crippen LogP contribution < -0.4 is 5.32 Å². The van der Waals surface area contributed by atoms with E-state index in [0.717, 1.165) is 26.2 Å². The Bertz CT molecular complexity index is 329. The van der Waals surface area contributed by atoms with Crippen molar-refractivity contribution >= 4 is 5.97 Å². The van der Waals surface area contributed by atoms with Crippen molar-refractivity contribution in [3.8, 4) is 0 Å². The Morgan fingerprint density at radius 3 is 2.48 bits per heavy atom. The van der Waals surface area contributed by atoms with Gasteiger partial charge < -0.3 is 19.7 Å². The van der Waals surface area contributed by atoms with Crippen LogP contribution in [0.2, 0.25) is 0 Å². The molecule has 1 saturated heterocycles. The Morgan fingerprint density at radius 1 is 1.29 bits per heavy atom. The number of carbonyl (C=O) groups excluding carboxylic acids is 1. The summed E-state index contributed by atoms with van der Waals surface area (Å²) < 4.78 is 11.1. The van der Waals surface area contributed by atoms with Crippen LogP contribution in [0.1, 0.15) is 47.5 Å². The summed E-state index contributed by atoms with van der Waals surface area (Å²) >= 11 is 0. The van der Waals surface area contributed by atoms with Gasteiger partial charge in [0.1, 0.15) is 5.54 Å². The van der Waals surface area contributed by atoms with Crippen LogP contribution in [0, 0.1) is 0 Å². The summed E-state index contributed by atoms with van der Waals surface area (Å²) in [7, 11) is 0. The van der Waals surface area contributed by atoms with Gasteiger partial charge in [-0.2, -0.15) is 0 Å². The van der Waals surface area contributed by atoms with Gasteiger partial charge >= 0.3 is 5.97 Å². The Kier molecular flexibility index (Phi) is 7.10. The van der Waals surface area contributed by atoms with Crippen LogP contribution >= 0.6 is 0 Å². The standard InChI is InChI=1S/C16H32N2O3/c1-6-18(7-2)11-10-17-16(14(19)20-8-3)9-12-21-15(4,5)13-16/h17H,6-13H2,1-5H3. The molecule has 1 fully saturated rings. The molecule has 1 unspecified atom stereocenters. The van der Waals surface area contributed by atoms with Gasteiger partial charge in [-0.25, -0.2) is 0 Å². The molecule has 1 heterocycles. The molecule has 0 radical (unpaired) electrons. The maximum Gasteiger partial charge on any atom is 0.326 e. The van der Waals surface area contributed by atoms with E-state index in [-0.39, 0.29) is 11.6 Å². The van der Waals surface area contributed by atoms with Crippen molar-refractivity contribution in [2.24, 2.45) is 0 Å². The lowest BCUT2D eigenvalue weighted by atomic mass is 9.81. The van der Waals surface area contributed by atoms with Crippen LogP contribution in [0.25, 0.3) is 0 Å². The smallest absolute Gasteiger partial charge is 0.326 e. The molecule has 0 aromatic heterocycles. The summed E-state index contributed by atoms with van der Waals surface area (Å²) in [5.41, 5.74) is -0.905. The summed E-state index contributed by atoms with van der Waals surface area (Å²) in [6.07, 6.45) is 1.32. The number of rotatable bonds is 8. The van der Waals surface area contributed by atoms with Crippen LogP contribution in [-0.4, -0.2) is 61.4 Å². The maximum absolute atomic E-state index is 12.5. The number of hydrogen-bond donors (Lipinski definition) is 1. The third-order valence-electron chi connectivity index (χ3n) is 4.20. The van der Waals surface area contributed by atoms with Gasteiger partial charge in [-0.3, -0.25) is 4.79 Å². The first kappa shape index (κ1) is 18.4. The lowest BCUT2D eigenvalue weighted by Crippen LogP contribution is -2.61. The molecule has 1 N–H and O–H groups in total. The first-order chi connectivity index (χ1) is 9.89. The van der Waals surface area contributed by atoms with E-state index < -0.39 is 5.54 Å². The minimum atomic E-state index is -0.606. The Hall–Kier alpha value is -0.650. The highest BCUT2D eigenvalue weighted by Crippen LogP contribution is 2.33. The molecule has 1 aliphatic heterocycles. The Morgan fingerprint density at radius 2 is 1.95 bits per heavy atom. The van der Waals surface area contributed by atoms with Crippen molar-refractivity contribution in [1.82, 2.24) is 10.2 Å². The monoisotopic (exact) mass is 300 g/mol. The predicted octanol–water partition coefficient (Wildman–Crippen LogP) is 1.81. The molecule has 1 rings (SSSR count). The van der Waals surface area contributed by atoms with Crippen LogP contribution in [0.15, 0.2) is 0 Å². The van der Waals surface area contributed by atoms with Gasteiger partial charge in [-0.15, -0.1) is 0 Å². The normalized spacial score (nSPS) is 25.0. The second-order valence-corrected chi connectivity index (χ2v) is 6.29. The van der Waals surface area contributed by atoms with E-state index in [1.54, 1.807) is 0 Å². The third-order valence-corrected chi connectivity index (χ3v) is 4.20. The molecule has 1 aliphatic rings. The fraction of sp³-hybridized carbons (Fsp3) is 0.938. The summed E-state index contributed by atoms with van der Waals surface area (Å²) in [6.45, 7) is 15.0. The highest BCUT2D eigenvalue weighted by atomic mass is 16.5. The third kappa shape index (κ3) is 5.24. The molecule has 124 valence electrons. The van der Waals surface area contributed by atoms with Crippen LogP contribution in [-0.2, 0) is 14.3 Å². The molecule has 0 amide bonds. The zero-order chi connectivity index (χ0) is 15.9. The largest absolute Gasteiger partial charge is 0.465 e. The van der Waals surface area contributed by atoms with E-state index in [0.29, 0.717) is 26.1 Å². The Labute approximate surface area is 129 Å². The number of esters is 1. The first-order valence-electron chi connectivity index (χ1n) is 8.17. The summed E-state index contributed by atoms with van der Waals surface area (Å²) in [4.78, 5) is 14.8. The van der Waals surface area contributed by atoms with E-state index in [9.17, 15) is 4.79 Å². The van der Waals surface area contributed by atoms with E-state index in [4.69, 9.17) is 9.47 Å². The molecule has 5 nitrogen and oxygen atoms in total. The maximum atomic E-state index is 12.5. The van der Waals surface area contributed by atoms with Crippen molar-refractivity contribution in [1.29, 1.82) is 0 Å². The summed E-state index contributed by atoms with van der Waals surface area (Å²) in [5.74, 6) is -0.138. The minimum absolute atomic E-state index is 0.138. The topological polar surface area (TPSA) is 50.8 Å². The van der Waals surface area contributed by atoms with Gasteiger partial charge in [-0.05, 0) is 40.3 Å². The minimum Gasteiger partial charge on any atom is -0.465 e. The highest BCUT2D eigenvalue weighted by molar-refractivity contribution is 5.81. The molecule has 0 saturated carbocycles. The van der Waals surface area contributed by atoms with Gasteiger partial charge in [0.05, 0.1) is 12.2 Å². The van der Waals surface area contributed by atoms with E-state index in [1.165, 1.54) is 0 Å². The number of nitrogens with one attached hydrogen (secondary N) is 1. The molecule has 1 atom stereocenters. The molecule has 0 aliphatic carbocycles. The molecule has 21 heavy (non-hydrogen) atoms. The number of hydrogen-bond acceptors (Lipinski definition) is 5. The van der Waals surface area contributed by atoms with E-state index in [2.05, 4.69) is 24.1 Å². The molecular weight excluding hydrogens is 268 g/mol. The molecule has 0 aromatic carbocycles. The van der Waals surface area contributed by atoms with Gasteiger partial charge in [-0.1, -0.05) is 13.8 Å². The van der Waals surface area contributed by atoms with Crippen molar-refractivity contribution in [3.05, 3.63) is 0 Å². The fourth-order valence-corrected chi connectivity index (χ4v) is 3.03. The van der Waals surface area contributed by atoms with Crippen LogP contribution in [0.4, 0.5) is 0 Å². The SMILES string of the molecule is CCOC(=O)C1(NCCN(CC)CC)CCOC(C)(C)C1. The number of nitrogens with zero attached hydrogens (tertiary/aromatic N) is 1. The Balaban J connectivity index is 2.71. The van der Waals surface area contributed by atoms with Crippen molar-refractivity contribution in [2.75, 3.05) is 39.4 Å². The highest BCUT2D eigenvalue weighted by Gasteiger charge is 2.47. The summed E-state index contributed by atoms with van der Waals surface area (Å²) in [6, 6.07) is 0. The predicted molar refractivity (Wildman–Crippen MR) is 84.4 cm³/mol. The molecule has 0 bridgehead atoms. The van der Waals surface area contributed by atoms with Crippen LogP contribution in [0.3, 0.4) is 0 Å². The zero-order valence-electron chi connectivity index (χ0n) is 14.3. The summed E-state index contributed by atoms with van der Waals surface area (Å²) in [5, 5.41) is 3.48. The van der Waals surface area contributed by atoms with Crippen molar-refractivity contribution < 1.29 is 14.3 Å². The zero-order valence-corrected chi connectivity index (χ0v) is 14.3. The first-order valence-corrected chi connectivity index (χ1v) is 8.17. The average molecular weight is 300 g/mol. The number of likely N-dealkylation sites (N-methyl/N-ethyl adjacent to an activating group) is 1. The molecular formula is C16H32N2O3. The second-order valence-electron chi connectivity index (χ2n) is 6.29. The van der Waals surface area contributed by atoms with Crippen molar-refractivity contribution in [3.63, 3.8) is 0 Å². The number of carbonyl (C=O) groups is 1. The van der Waals surface area contributed by atoms with Gasteiger partial charge in [0.25, 0.3) is 0 Å². The van der Waals surface area contributed by atoms with Crippen LogP contribution in [0.5, 0.6) is 0 Å². The van der Waals surface area contributed by atoms with Gasteiger partial charge in [0, 0.05) is 26.1 Å². The average Bonchev–Trinajstić information content (AvgIpc) is 2.43. The molecule has 0 spiro atoms. The lowest BCUT2D eigenvalue weighted by Gasteiger charge is -2.43. The van der Waals surface area contributed by atoms with E-state index in [1.807, 2.05) is 20.8 Å². The quantitative estimate of drug-likeness (QED) is 0.693. The van der Waals surface area contributed by atoms with Gasteiger partial charge in [0.2, 0.25) is 0 Å². The molecule has 0 aromatic rings. The fourth-order valence-electron chi connectivity index (χ4n) is 3.03. The van der Waals surface area contributed by atoms with E-state index >= 15 is 0 Å². The van der Waals surface area contributed by atoms with Gasteiger partial charge in [0.15, 0.2) is 0 Å². The second kappa shape index (κ2) is 8.11.